The molecule has 0 fully saturated rings. The molecular formula is C20H14N4. The Morgan fingerprint density at radius 3 is 1.83 bits per heavy atom. The van der Waals surface area contributed by atoms with Gasteiger partial charge < -0.3 is 0 Å². The van der Waals surface area contributed by atoms with E-state index in [0.717, 1.165) is 33.8 Å². The Morgan fingerprint density at radius 2 is 1.17 bits per heavy atom. The van der Waals surface area contributed by atoms with Crippen molar-refractivity contribution in [2.24, 2.45) is 0 Å². The summed E-state index contributed by atoms with van der Waals surface area (Å²) in [7, 11) is 0. The van der Waals surface area contributed by atoms with Crippen molar-refractivity contribution in [3.63, 3.8) is 0 Å². The van der Waals surface area contributed by atoms with Crippen LogP contribution >= 0.6 is 0 Å². The Labute approximate surface area is 139 Å². The van der Waals surface area contributed by atoms with Gasteiger partial charge in [0.05, 0.1) is 5.69 Å². The summed E-state index contributed by atoms with van der Waals surface area (Å²) in [6, 6.07) is 25.9. The van der Waals surface area contributed by atoms with E-state index in [4.69, 9.17) is 0 Å². The number of hydrogen-bond acceptors (Lipinski definition) is 4. The first-order chi connectivity index (χ1) is 11.9. The standard InChI is InChI=1S/C20H14N4/c1-3-9-15(10-4-1)18-19(16-11-5-2-6-12-16)22-24-23-20(18)17-13-7-8-14-21-17/h1-14H. The minimum absolute atomic E-state index is 0.732. The van der Waals surface area contributed by atoms with E-state index >= 15 is 0 Å². The summed E-state index contributed by atoms with van der Waals surface area (Å²) < 4.78 is 0. The first-order valence-electron chi connectivity index (χ1n) is 7.69. The summed E-state index contributed by atoms with van der Waals surface area (Å²) in [6.45, 7) is 0. The molecule has 0 radical (unpaired) electrons. The summed E-state index contributed by atoms with van der Waals surface area (Å²) in [5.74, 6) is 0. The summed E-state index contributed by atoms with van der Waals surface area (Å²) in [5, 5.41) is 12.6. The third kappa shape index (κ3) is 2.65. The predicted molar refractivity (Wildman–Crippen MR) is 93.9 cm³/mol. The maximum atomic E-state index is 4.44. The van der Waals surface area contributed by atoms with E-state index in [0.29, 0.717) is 0 Å². The molecular weight excluding hydrogens is 296 g/mol. The molecule has 4 rings (SSSR count). The molecule has 2 aromatic carbocycles. The number of nitrogens with zero attached hydrogens (tertiary/aromatic N) is 4. The first kappa shape index (κ1) is 14.2. The zero-order valence-electron chi connectivity index (χ0n) is 12.9. The van der Waals surface area contributed by atoms with E-state index in [2.05, 4.69) is 32.5 Å². The quantitative estimate of drug-likeness (QED) is 0.567. The van der Waals surface area contributed by atoms with Gasteiger partial charge in [0.1, 0.15) is 11.4 Å². The molecule has 0 aliphatic rings. The predicted octanol–water partition coefficient (Wildman–Crippen LogP) is 4.27. The molecule has 0 N–H and O–H groups in total. The molecule has 4 aromatic rings. The van der Waals surface area contributed by atoms with Crippen LogP contribution in [0.25, 0.3) is 33.8 Å². The van der Waals surface area contributed by atoms with Crippen molar-refractivity contribution in [1.82, 2.24) is 20.4 Å². The summed E-state index contributed by atoms with van der Waals surface area (Å²) in [6.07, 6.45) is 1.76. The van der Waals surface area contributed by atoms with E-state index < -0.39 is 0 Å². The Kier molecular flexibility index (Phi) is 3.78. The van der Waals surface area contributed by atoms with Crippen LogP contribution in [0, 0.1) is 0 Å². The number of hydrogen-bond donors (Lipinski definition) is 0. The molecule has 0 unspecified atom stereocenters. The SMILES string of the molecule is c1ccc(-c2nnnc(-c3ccccn3)c2-c2ccccc2)cc1. The fraction of sp³-hybridized carbons (Fsp3) is 0. The minimum Gasteiger partial charge on any atom is -0.255 e. The van der Waals surface area contributed by atoms with E-state index in [1.165, 1.54) is 0 Å². The van der Waals surface area contributed by atoms with Crippen molar-refractivity contribution < 1.29 is 0 Å². The summed E-state index contributed by atoms with van der Waals surface area (Å²) >= 11 is 0. The van der Waals surface area contributed by atoms with Gasteiger partial charge >= 0.3 is 0 Å². The number of aromatic nitrogens is 4. The lowest BCUT2D eigenvalue weighted by Crippen LogP contribution is -2.00. The molecule has 0 saturated heterocycles. The molecule has 0 aliphatic heterocycles. The van der Waals surface area contributed by atoms with Gasteiger partial charge in [-0.1, -0.05) is 66.7 Å². The van der Waals surface area contributed by atoms with Crippen LogP contribution in [0.1, 0.15) is 0 Å². The van der Waals surface area contributed by atoms with Crippen LogP contribution in [0.4, 0.5) is 0 Å². The third-order valence-electron chi connectivity index (χ3n) is 3.78. The van der Waals surface area contributed by atoms with Gasteiger partial charge in [-0.3, -0.25) is 4.98 Å². The van der Waals surface area contributed by atoms with Crippen LogP contribution < -0.4 is 0 Å². The molecule has 2 aromatic heterocycles. The lowest BCUT2D eigenvalue weighted by atomic mass is 9.96. The fourth-order valence-corrected chi connectivity index (χ4v) is 2.68. The van der Waals surface area contributed by atoms with Gasteiger partial charge in [0.25, 0.3) is 0 Å². The Balaban J connectivity index is 2.02. The number of pyridine rings is 1. The van der Waals surface area contributed by atoms with Crippen molar-refractivity contribution in [2.45, 2.75) is 0 Å². The largest absolute Gasteiger partial charge is 0.255 e. The maximum absolute atomic E-state index is 4.44. The van der Waals surface area contributed by atoms with E-state index in [1.54, 1.807) is 6.20 Å². The van der Waals surface area contributed by atoms with Gasteiger partial charge in [0.2, 0.25) is 0 Å². The van der Waals surface area contributed by atoms with Gasteiger partial charge in [0, 0.05) is 17.3 Å². The molecule has 0 aliphatic carbocycles. The topological polar surface area (TPSA) is 51.6 Å². The zero-order valence-corrected chi connectivity index (χ0v) is 12.9. The van der Waals surface area contributed by atoms with Crippen molar-refractivity contribution in [3.8, 4) is 33.8 Å². The fourth-order valence-electron chi connectivity index (χ4n) is 2.68. The number of benzene rings is 2. The van der Waals surface area contributed by atoms with Gasteiger partial charge in [-0.05, 0) is 22.9 Å². The van der Waals surface area contributed by atoms with Crippen LogP contribution in [0.3, 0.4) is 0 Å². The second-order valence-electron chi connectivity index (χ2n) is 5.31. The van der Waals surface area contributed by atoms with Crippen LogP contribution in [0.15, 0.2) is 85.1 Å². The third-order valence-corrected chi connectivity index (χ3v) is 3.78. The van der Waals surface area contributed by atoms with Crippen LogP contribution in [-0.2, 0) is 0 Å². The molecule has 0 amide bonds. The number of rotatable bonds is 3. The van der Waals surface area contributed by atoms with E-state index in [9.17, 15) is 0 Å². The lowest BCUT2D eigenvalue weighted by Gasteiger charge is -2.12. The second kappa shape index (κ2) is 6.38. The van der Waals surface area contributed by atoms with Crippen molar-refractivity contribution in [3.05, 3.63) is 85.1 Å². The smallest absolute Gasteiger partial charge is 0.123 e. The highest BCUT2D eigenvalue weighted by molar-refractivity contribution is 5.89. The van der Waals surface area contributed by atoms with Gasteiger partial charge in [0.15, 0.2) is 0 Å². The maximum Gasteiger partial charge on any atom is 0.123 e. The molecule has 0 bridgehead atoms. The average molecular weight is 310 g/mol. The highest BCUT2D eigenvalue weighted by Crippen LogP contribution is 2.35. The Hall–Kier alpha value is -3.40. The van der Waals surface area contributed by atoms with Crippen LogP contribution in [0.5, 0.6) is 0 Å². The van der Waals surface area contributed by atoms with Crippen molar-refractivity contribution >= 4 is 0 Å². The van der Waals surface area contributed by atoms with Crippen LogP contribution in [0.2, 0.25) is 0 Å². The highest BCUT2D eigenvalue weighted by Gasteiger charge is 2.18. The van der Waals surface area contributed by atoms with Crippen molar-refractivity contribution in [2.75, 3.05) is 0 Å². The molecule has 4 nitrogen and oxygen atoms in total. The molecule has 2 heterocycles. The average Bonchev–Trinajstić information content (AvgIpc) is 2.69. The zero-order chi connectivity index (χ0) is 16.2. The molecule has 0 saturated carbocycles. The molecule has 24 heavy (non-hydrogen) atoms. The molecule has 0 atom stereocenters. The monoisotopic (exact) mass is 310 g/mol. The molecule has 4 heteroatoms. The highest BCUT2D eigenvalue weighted by atomic mass is 15.3. The van der Waals surface area contributed by atoms with E-state index in [1.807, 2.05) is 66.7 Å². The van der Waals surface area contributed by atoms with Crippen LogP contribution in [-0.4, -0.2) is 20.4 Å². The van der Waals surface area contributed by atoms with Crippen molar-refractivity contribution in [1.29, 1.82) is 0 Å². The Bertz CT molecular complexity index is 881. The summed E-state index contributed by atoms with van der Waals surface area (Å²) in [4.78, 5) is 4.44. The Morgan fingerprint density at radius 1 is 0.542 bits per heavy atom. The van der Waals surface area contributed by atoms with Gasteiger partial charge in [-0.2, -0.15) is 0 Å². The van der Waals surface area contributed by atoms with Gasteiger partial charge in [-0.15, -0.1) is 10.2 Å². The second-order valence-corrected chi connectivity index (χ2v) is 5.31. The van der Waals surface area contributed by atoms with E-state index in [-0.39, 0.29) is 0 Å². The molecule has 0 spiro atoms. The molecule has 114 valence electrons. The normalized spacial score (nSPS) is 10.5. The minimum atomic E-state index is 0.732. The summed E-state index contributed by atoms with van der Waals surface area (Å²) in [5.41, 5.74) is 5.30. The lowest BCUT2D eigenvalue weighted by molar-refractivity contribution is 0.876. The van der Waals surface area contributed by atoms with Gasteiger partial charge in [-0.25, -0.2) is 0 Å². The first-order valence-corrected chi connectivity index (χ1v) is 7.69.